The van der Waals surface area contributed by atoms with Gasteiger partial charge in [-0.1, -0.05) is 43.9 Å². The number of hydrogen-bond acceptors (Lipinski definition) is 3. The molecule has 1 aliphatic carbocycles. The number of carbonyl (C=O) groups excluding carboxylic acids is 1. The molecule has 31 heavy (non-hydrogen) atoms. The maximum absolute atomic E-state index is 13.0. The van der Waals surface area contributed by atoms with E-state index in [0.29, 0.717) is 19.0 Å². The third-order valence-electron chi connectivity index (χ3n) is 6.52. The van der Waals surface area contributed by atoms with E-state index in [0.717, 1.165) is 29.8 Å². The molecule has 0 unspecified atom stereocenters. The van der Waals surface area contributed by atoms with Gasteiger partial charge in [0, 0.05) is 31.0 Å². The minimum Gasteiger partial charge on any atom is -0.361 e. The number of halogens is 3. The second-order valence-electron chi connectivity index (χ2n) is 8.78. The molecule has 4 rings (SSSR count). The van der Waals surface area contributed by atoms with E-state index in [-0.39, 0.29) is 12.6 Å². The van der Waals surface area contributed by atoms with Gasteiger partial charge < -0.3 is 14.8 Å². The van der Waals surface area contributed by atoms with E-state index >= 15 is 0 Å². The summed E-state index contributed by atoms with van der Waals surface area (Å²) in [6, 6.07) is 7.68. The van der Waals surface area contributed by atoms with Crippen molar-refractivity contribution in [1.82, 2.24) is 14.9 Å². The lowest BCUT2D eigenvalue weighted by molar-refractivity contribution is -0.162. The fourth-order valence-corrected chi connectivity index (χ4v) is 4.96. The summed E-state index contributed by atoms with van der Waals surface area (Å²) in [6.45, 7) is 1.07. The minimum atomic E-state index is -4.50. The van der Waals surface area contributed by atoms with Crippen LogP contribution < -0.4 is 4.90 Å². The molecule has 1 amide bonds. The van der Waals surface area contributed by atoms with Crippen molar-refractivity contribution in [3.63, 3.8) is 0 Å². The number of alkyl halides is 3. The van der Waals surface area contributed by atoms with Crippen LogP contribution in [0.3, 0.4) is 0 Å². The zero-order chi connectivity index (χ0) is 21.8. The molecule has 1 saturated carbocycles. The average Bonchev–Trinajstić information content (AvgIpc) is 3.39. The number of imidazole rings is 1. The number of amides is 1. The number of aromatic nitrogens is 2. The first-order valence-electron chi connectivity index (χ1n) is 11.1. The molecule has 1 aromatic carbocycles. The highest BCUT2D eigenvalue weighted by molar-refractivity contribution is 5.77. The molecule has 0 saturated heterocycles. The summed E-state index contributed by atoms with van der Waals surface area (Å²) in [5.74, 6) is -0.177. The molecular weight excluding hydrogens is 405 g/mol. The molecule has 2 aliphatic rings. The predicted octanol–water partition coefficient (Wildman–Crippen LogP) is 5.05. The zero-order valence-electron chi connectivity index (χ0n) is 17.6. The van der Waals surface area contributed by atoms with E-state index in [1.165, 1.54) is 30.6 Å². The Labute approximate surface area is 180 Å². The normalized spacial score (nSPS) is 20.0. The monoisotopic (exact) mass is 434 g/mol. The number of benzene rings is 1. The first-order valence-corrected chi connectivity index (χ1v) is 11.1. The number of rotatable bonds is 6. The molecule has 0 bridgehead atoms. The van der Waals surface area contributed by atoms with Gasteiger partial charge in [-0.25, -0.2) is 4.98 Å². The van der Waals surface area contributed by atoms with E-state index in [1.807, 2.05) is 24.3 Å². The molecule has 0 radical (unpaired) electrons. The Kier molecular flexibility index (Phi) is 6.53. The third-order valence-corrected chi connectivity index (χ3v) is 6.52. The van der Waals surface area contributed by atoms with E-state index in [4.69, 9.17) is 0 Å². The van der Waals surface area contributed by atoms with Crippen LogP contribution >= 0.6 is 0 Å². The zero-order valence-corrected chi connectivity index (χ0v) is 17.6. The summed E-state index contributed by atoms with van der Waals surface area (Å²) in [6.07, 6.45) is 4.33. The van der Waals surface area contributed by atoms with E-state index in [1.54, 1.807) is 12.5 Å². The Bertz CT molecular complexity index is 862. The van der Waals surface area contributed by atoms with Crippen molar-refractivity contribution < 1.29 is 18.0 Å². The smallest absolute Gasteiger partial charge is 0.361 e. The Morgan fingerprint density at radius 2 is 1.94 bits per heavy atom. The quantitative estimate of drug-likeness (QED) is 0.692. The maximum Gasteiger partial charge on any atom is 0.397 e. The van der Waals surface area contributed by atoms with Gasteiger partial charge >= 0.3 is 6.18 Å². The van der Waals surface area contributed by atoms with Gasteiger partial charge in [-0.2, -0.15) is 13.2 Å². The molecule has 1 N–H and O–H groups in total. The number of nitrogens with one attached hydrogen (secondary N) is 1. The summed E-state index contributed by atoms with van der Waals surface area (Å²) in [7, 11) is 0. The van der Waals surface area contributed by atoms with Crippen molar-refractivity contribution in [3.05, 3.63) is 48.0 Å². The number of hydrogen-bond donors (Lipinski definition) is 1. The summed E-state index contributed by atoms with van der Waals surface area (Å²) >= 11 is 0. The number of fused-ring (bicyclic) bond motifs is 1. The van der Waals surface area contributed by atoms with E-state index in [2.05, 4.69) is 14.9 Å². The van der Waals surface area contributed by atoms with Crippen LogP contribution in [0.4, 0.5) is 18.9 Å². The number of aromatic amines is 1. The number of para-hydroxylation sites is 1. The van der Waals surface area contributed by atoms with Crippen LogP contribution in [0.15, 0.2) is 36.8 Å². The second kappa shape index (κ2) is 9.32. The first kappa shape index (κ1) is 21.7. The molecule has 1 aliphatic heterocycles. The largest absolute Gasteiger partial charge is 0.397 e. The molecule has 2 heterocycles. The molecule has 168 valence electrons. The highest BCUT2D eigenvalue weighted by Crippen LogP contribution is 2.35. The van der Waals surface area contributed by atoms with Crippen molar-refractivity contribution in [3.8, 4) is 0 Å². The summed E-state index contributed by atoms with van der Waals surface area (Å²) in [5.41, 5.74) is 2.80. The van der Waals surface area contributed by atoms with Gasteiger partial charge in [-0.15, -0.1) is 0 Å². The number of anilines is 1. The minimum absolute atomic E-state index is 0.0512. The average molecular weight is 435 g/mol. The Morgan fingerprint density at radius 1 is 1.16 bits per heavy atom. The maximum atomic E-state index is 13.0. The van der Waals surface area contributed by atoms with E-state index in [9.17, 15) is 18.0 Å². The van der Waals surface area contributed by atoms with Gasteiger partial charge in [0.2, 0.25) is 5.91 Å². The molecule has 1 aromatic heterocycles. The van der Waals surface area contributed by atoms with Crippen LogP contribution in [0.5, 0.6) is 0 Å². The standard InChI is InChI=1S/C23H29F3N4O/c24-23(25,26)11-22(31)29-13-18-7-3-4-8-21(18)30(14-19-12-27-16-28-19)20(15-29)10-9-17-5-1-2-6-17/h3-4,7-8,12,16-17,20H,1-2,5-6,9-11,13-15H2,(H,27,28)/t20-/m1/s1. The third kappa shape index (κ3) is 5.60. The topological polar surface area (TPSA) is 52.2 Å². The van der Waals surface area contributed by atoms with Gasteiger partial charge in [0.15, 0.2) is 0 Å². The summed E-state index contributed by atoms with van der Waals surface area (Å²) in [4.78, 5) is 23.5. The van der Waals surface area contributed by atoms with Crippen molar-refractivity contribution >= 4 is 11.6 Å². The molecule has 1 atom stereocenters. The summed E-state index contributed by atoms with van der Waals surface area (Å²) < 4.78 is 38.9. The Hall–Kier alpha value is -2.51. The number of nitrogens with zero attached hydrogens (tertiary/aromatic N) is 3. The Balaban J connectivity index is 1.62. The number of H-pyrrole nitrogens is 1. The first-order chi connectivity index (χ1) is 14.9. The molecule has 5 nitrogen and oxygen atoms in total. The van der Waals surface area contributed by atoms with Crippen LogP contribution in [0.25, 0.3) is 0 Å². The molecular formula is C23H29F3N4O. The molecule has 1 fully saturated rings. The van der Waals surface area contributed by atoms with E-state index < -0.39 is 18.5 Å². The van der Waals surface area contributed by atoms with Crippen LogP contribution in [-0.2, 0) is 17.9 Å². The lowest BCUT2D eigenvalue weighted by Crippen LogP contribution is -2.44. The second-order valence-corrected chi connectivity index (χ2v) is 8.78. The molecule has 8 heteroatoms. The lowest BCUT2D eigenvalue weighted by Gasteiger charge is -2.34. The molecule has 2 aromatic rings. The van der Waals surface area contributed by atoms with Crippen LogP contribution in [0, 0.1) is 5.92 Å². The van der Waals surface area contributed by atoms with Crippen molar-refractivity contribution in [2.24, 2.45) is 5.92 Å². The van der Waals surface area contributed by atoms with Crippen molar-refractivity contribution in [2.75, 3.05) is 11.4 Å². The van der Waals surface area contributed by atoms with Crippen LogP contribution in [0.1, 0.15) is 56.2 Å². The van der Waals surface area contributed by atoms with Crippen LogP contribution in [-0.4, -0.2) is 39.5 Å². The van der Waals surface area contributed by atoms with Crippen molar-refractivity contribution in [1.29, 1.82) is 0 Å². The van der Waals surface area contributed by atoms with Gasteiger partial charge in [-0.3, -0.25) is 4.79 Å². The molecule has 0 spiro atoms. The van der Waals surface area contributed by atoms with Gasteiger partial charge in [0.25, 0.3) is 0 Å². The fourth-order valence-electron chi connectivity index (χ4n) is 4.96. The highest BCUT2D eigenvalue weighted by Gasteiger charge is 2.37. The lowest BCUT2D eigenvalue weighted by atomic mass is 9.97. The van der Waals surface area contributed by atoms with Gasteiger partial charge in [-0.05, 0) is 30.4 Å². The highest BCUT2D eigenvalue weighted by atomic mass is 19.4. The number of carbonyl (C=O) groups is 1. The SMILES string of the molecule is O=C(CC(F)(F)F)N1Cc2ccccc2N(Cc2cnc[nH]2)[C@H](CCC2CCCC2)C1. The fraction of sp³-hybridized carbons (Fsp3) is 0.565. The van der Waals surface area contributed by atoms with Gasteiger partial charge in [0.05, 0.1) is 18.6 Å². The Morgan fingerprint density at radius 3 is 2.65 bits per heavy atom. The summed E-state index contributed by atoms with van der Waals surface area (Å²) in [5, 5.41) is 0. The van der Waals surface area contributed by atoms with Crippen molar-refractivity contribution in [2.45, 2.75) is 70.3 Å². The predicted molar refractivity (Wildman–Crippen MR) is 112 cm³/mol. The van der Waals surface area contributed by atoms with Gasteiger partial charge in [0.1, 0.15) is 6.42 Å². The van der Waals surface area contributed by atoms with Crippen LogP contribution in [0.2, 0.25) is 0 Å².